The molecule has 0 aliphatic carbocycles. The number of hydrogen-bond acceptors (Lipinski definition) is 3. The molecule has 0 fully saturated rings. The monoisotopic (exact) mass is 271 g/mol. The molecule has 2 N–H and O–H groups in total. The molecule has 5 nitrogen and oxygen atoms in total. The van der Waals surface area contributed by atoms with Gasteiger partial charge in [0.1, 0.15) is 11.5 Å². The number of anilines is 1. The molecule has 0 aliphatic heterocycles. The van der Waals surface area contributed by atoms with Gasteiger partial charge in [0.05, 0.1) is 11.3 Å². The van der Waals surface area contributed by atoms with E-state index in [2.05, 4.69) is 5.32 Å². The van der Waals surface area contributed by atoms with Crippen LogP contribution in [0, 0.1) is 6.92 Å². The number of carboxylic acids is 1. The summed E-state index contributed by atoms with van der Waals surface area (Å²) in [5, 5.41) is 11.5. The van der Waals surface area contributed by atoms with Gasteiger partial charge >= 0.3 is 5.97 Å². The maximum absolute atomic E-state index is 11.7. The number of hydrogen-bond donors (Lipinski definition) is 2. The number of amides is 1. The molecule has 5 heteroatoms. The molecule has 1 heterocycles. The maximum Gasteiger partial charge on any atom is 0.337 e. The minimum atomic E-state index is -1.09. The number of aryl methyl sites for hydroxylation is 1. The first kappa shape index (κ1) is 13.6. The second-order valence-corrected chi connectivity index (χ2v) is 4.12. The van der Waals surface area contributed by atoms with E-state index in [0.717, 1.165) is 5.76 Å². The van der Waals surface area contributed by atoms with Gasteiger partial charge in [0, 0.05) is 6.08 Å². The molecular weight excluding hydrogens is 258 g/mol. The van der Waals surface area contributed by atoms with Crippen LogP contribution in [0.3, 0.4) is 0 Å². The Labute approximate surface area is 115 Å². The summed E-state index contributed by atoms with van der Waals surface area (Å²) in [4.78, 5) is 22.7. The lowest BCUT2D eigenvalue weighted by molar-refractivity contribution is -0.111. The molecule has 1 aromatic heterocycles. The standard InChI is InChI=1S/C15H13NO4/c1-10-6-7-11(20-10)8-9-14(17)16-13-5-3-2-4-12(13)15(18)19/h2-9H,1H3,(H,16,17)(H,18,19)/b9-8+. The van der Waals surface area contributed by atoms with E-state index in [9.17, 15) is 9.59 Å². The van der Waals surface area contributed by atoms with Crippen LogP contribution in [0.15, 0.2) is 46.9 Å². The number of carbonyl (C=O) groups excluding carboxylic acids is 1. The maximum atomic E-state index is 11.7. The highest BCUT2D eigenvalue weighted by Gasteiger charge is 2.10. The van der Waals surface area contributed by atoms with Gasteiger partial charge in [0.15, 0.2) is 0 Å². The largest absolute Gasteiger partial charge is 0.478 e. The van der Waals surface area contributed by atoms with Crippen molar-refractivity contribution in [3.8, 4) is 0 Å². The minimum Gasteiger partial charge on any atom is -0.478 e. The number of aromatic carboxylic acids is 1. The van der Waals surface area contributed by atoms with Crippen molar-refractivity contribution < 1.29 is 19.1 Å². The number of nitrogens with one attached hydrogen (secondary N) is 1. The third-order valence-electron chi connectivity index (χ3n) is 2.58. The Kier molecular flexibility index (Phi) is 4.00. The van der Waals surface area contributed by atoms with Gasteiger partial charge in [-0.1, -0.05) is 12.1 Å². The molecule has 0 bridgehead atoms. The lowest BCUT2D eigenvalue weighted by Gasteiger charge is -2.05. The van der Waals surface area contributed by atoms with Crippen molar-refractivity contribution in [2.24, 2.45) is 0 Å². The lowest BCUT2D eigenvalue weighted by atomic mass is 10.2. The van der Waals surface area contributed by atoms with E-state index in [4.69, 9.17) is 9.52 Å². The fourth-order valence-corrected chi connectivity index (χ4v) is 1.65. The smallest absolute Gasteiger partial charge is 0.337 e. The zero-order chi connectivity index (χ0) is 14.5. The first-order valence-electron chi connectivity index (χ1n) is 5.94. The van der Waals surface area contributed by atoms with Crippen LogP contribution < -0.4 is 5.32 Å². The van der Waals surface area contributed by atoms with Gasteiger partial charge in [0.2, 0.25) is 5.91 Å². The molecule has 0 saturated heterocycles. The second kappa shape index (κ2) is 5.88. The van der Waals surface area contributed by atoms with Crippen LogP contribution in [0.4, 0.5) is 5.69 Å². The molecule has 1 aromatic carbocycles. The van der Waals surface area contributed by atoms with Crippen LogP contribution in [0.1, 0.15) is 21.9 Å². The van der Waals surface area contributed by atoms with Gasteiger partial charge in [-0.25, -0.2) is 4.79 Å². The lowest BCUT2D eigenvalue weighted by Crippen LogP contribution is -2.11. The van der Waals surface area contributed by atoms with E-state index in [1.54, 1.807) is 31.2 Å². The zero-order valence-electron chi connectivity index (χ0n) is 10.8. The summed E-state index contributed by atoms with van der Waals surface area (Å²) in [6.07, 6.45) is 2.81. The summed E-state index contributed by atoms with van der Waals surface area (Å²) in [6, 6.07) is 9.74. The molecule has 0 aliphatic rings. The van der Waals surface area contributed by atoms with E-state index in [-0.39, 0.29) is 11.3 Å². The Morgan fingerprint density at radius 2 is 1.95 bits per heavy atom. The first-order chi connectivity index (χ1) is 9.56. The quantitative estimate of drug-likeness (QED) is 0.838. The van der Waals surface area contributed by atoms with E-state index in [0.29, 0.717) is 5.76 Å². The summed E-state index contributed by atoms with van der Waals surface area (Å²) >= 11 is 0. The molecule has 1 amide bonds. The van der Waals surface area contributed by atoms with Gasteiger partial charge in [-0.15, -0.1) is 0 Å². The summed E-state index contributed by atoms with van der Waals surface area (Å²) in [5.41, 5.74) is 0.299. The van der Waals surface area contributed by atoms with Gasteiger partial charge in [-0.05, 0) is 37.3 Å². The Balaban J connectivity index is 2.09. The second-order valence-electron chi connectivity index (χ2n) is 4.12. The van der Waals surface area contributed by atoms with Crippen LogP contribution in [0.2, 0.25) is 0 Å². The molecule has 2 aromatic rings. The summed E-state index contributed by atoms with van der Waals surface area (Å²) in [6.45, 7) is 1.81. The molecular formula is C15H13NO4. The SMILES string of the molecule is Cc1ccc(/C=C/C(=O)Nc2ccccc2C(=O)O)o1. The van der Waals surface area contributed by atoms with Crippen LogP contribution in [-0.4, -0.2) is 17.0 Å². The summed E-state index contributed by atoms with van der Waals surface area (Å²) < 4.78 is 5.29. The van der Waals surface area contributed by atoms with Crippen molar-refractivity contribution in [2.45, 2.75) is 6.92 Å². The topological polar surface area (TPSA) is 79.5 Å². The fraction of sp³-hybridized carbons (Fsp3) is 0.0667. The number of benzene rings is 1. The highest BCUT2D eigenvalue weighted by Crippen LogP contribution is 2.15. The molecule has 102 valence electrons. The van der Waals surface area contributed by atoms with E-state index in [1.165, 1.54) is 24.3 Å². The van der Waals surface area contributed by atoms with Crippen molar-refractivity contribution in [1.82, 2.24) is 0 Å². The third-order valence-corrected chi connectivity index (χ3v) is 2.58. The fourth-order valence-electron chi connectivity index (χ4n) is 1.65. The predicted molar refractivity (Wildman–Crippen MR) is 74.5 cm³/mol. The van der Waals surface area contributed by atoms with Crippen molar-refractivity contribution in [1.29, 1.82) is 0 Å². The third kappa shape index (κ3) is 3.35. The van der Waals surface area contributed by atoms with Gasteiger partial charge in [-0.3, -0.25) is 4.79 Å². The Bertz CT molecular complexity index is 670. The van der Waals surface area contributed by atoms with Gasteiger partial charge < -0.3 is 14.8 Å². The molecule has 2 rings (SSSR count). The summed E-state index contributed by atoms with van der Waals surface area (Å²) in [7, 11) is 0. The highest BCUT2D eigenvalue weighted by molar-refractivity contribution is 6.05. The molecule has 0 radical (unpaired) electrons. The predicted octanol–water partition coefficient (Wildman–Crippen LogP) is 2.94. The highest BCUT2D eigenvalue weighted by atomic mass is 16.4. The van der Waals surface area contributed by atoms with Crippen LogP contribution in [-0.2, 0) is 4.79 Å². The number of rotatable bonds is 4. The average Bonchev–Trinajstić information content (AvgIpc) is 2.83. The molecule has 0 atom stereocenters. The number of carbonyl (C=O) groups is 2. The van der Waals surface area contributed by atoms with Crippen LogP contribution in [0.25, 0.3) is 6.08 Å². The van der Waals surface area contributed by atoms with Crippen molar-refractivity contribution in [3.05, 3.63) is 59.6 Å². The van der Waals surface area contributed by atoms with E-state index >= 15 is 0 Å². The van der Waals surface area contributed by atoms with Gasteiger partial charge in [0.25, 0.3) is 0 Å². The zero-order valence-corrected chi connectivity index (χ0v) is 10.8. The molecule has 0 spiro atoms. The van der Waals surface area contributed by atoms with Crippen LogP contribution >= 0.6 is 0 Å². The normalized spacial score (nSPS) is 10.7. The van der Waals surface area contributed by atoms with E-state index < -0.39 is 11.9 Å². The van der Waals surface area contributed by atoms with Crippen molar-refractivity contribution in [2.75, 3.05) is 5.32 Å². The number of furan rings is 1. The Hall–Kier alpha value is -2.82. The molecule has 0 saturated carbocycles. The van der Waals surface area contributed by atoms with Crippen molar-refractivity contribution >= 4 is 23.6 Å². The Morgan fingerprint density at radius 1 is 1.20 bits per heavy atom. The summed E-state index contributed by atoms with van der Waals surface area (Å²) in [5.74, 6) is -0.204. The Morgan fingerprint density at radius 3 is 2.60 bits per heavy atom. The van der Waals surface area contributed by atoms with E-state index in [1.807, 2.05) is 0 Å². The molecule has 20 heavy (non-hydrogen) atoms. The average molecular weight is 271 g/mol. The molecule has 0 unspecified atom stereocenters. The van der Waals surface area contributed by atoms with Crippen LogP contribution in [0.5, 0.6) is 0 Å². The van der Waals surface area contributed by atoms with Crippen molar-refractivity contribution in [3.63, 3.8) is 0 Å². The first-order valence-corrected chi connectivity index (χ1v) is 5.94. The van der Waals surface area contributed by atoms with Gasteiger partial charge in [-0.2, -0.15) is 0 Å². The minimum absolute atomic E-state index is 0.0445. The number of carboxylic acid groups (broad SMARTS) is 1. The number of para-hydroxylation sites is 1.